The van der Waals surface area contributed by atoms with Gasteiger partial charge < -0.3 is 31.3 Å². The molecular weight excluding hydrogens is 789 g/mol. The van der Waals surface area contributed by atoms with Crippen LogP contribution in [-0.4, -0.2) is 98.8 Å². The number of amides is 5. The third-order valence-corrected chi connectivity index (χ3v) is 10.7. The molecule has 2 aromatic heterocycles. The van der Waals surface area contributed by atoms with Crippen LogP contribution in [-0.2, 0) is 52.9 Å². The molecule has 0 aromatic carbocycles. The van der Waals surface area contributed by atoms with Crippen molar-refractivity contribution in [3.05, 3.63) is 55.7 Å². The summed E-state index contributed by atoms with van der Waals surface area (Å²) >= 11 is 2.64. The molecule has 314 valence electrons. The summed E-state index contributed by atoms with van der Waals surface area (Å²) in [6.45, 7) is 10.5. The molecule has 2 aromatic rings. The SMILES string of the molecule is CC1CC/C(=C\C(=O)NC(C)C(=O)CC(=O)NCC(=O)c2csc(CCc3csc(CNC(=O)CC(=O)C(C)NC(=O)/C=C4\CCCN4C(=O)OC(C)(C)C)n3)n2)N1. The standard InChI is InChI=1S/C39H52N8O9S2/c1-22-9-10-25(42-22)14-34(53)43-23(2)29(48)16-32(51)40-18-31(50)28-21-58-36(46-28)12-11-26-20-57-37(45-26)19-41-33(52)17-30(49)24(3)44-35(54)15-27-8-7-13-47(27)38(55)56-39(4,5)6/h14-15,20-24,42H,7-13,16-19H2,1-6H3,(H,40,51)(H,41,52)(H,43,53)(H,44,54)/b25-14+,27-15+. The summed E-state index contributed by atoms with van der Waals surface area (Å²) in [6, 6.07) is -1.52. The van der Waals surface area contributed by atoms with Crippen molar-refractivity contribution in [3.8, 4) is 0 Å². The molecule has 0 radical (unpaired) electrons. The highest BCUT2D eigenvalue weighted by molar-refractivity contribution is 7.10. The first-order chi connectivity index (χ1) is 27.3. The van der Waals surface area contributed by atoms with E-state index in [2.05, 4.69) is 36.6 Å². The summed E-state index contributed by atoms with van der Waals surface area (Å²) < 4.78 is 5.41. The van der Waals surface area contributed by atoms with Gasteiger partial charge >= 0.3 is 6.09 Å². The highest BCUT2D eigenvalue weighted by Crippen LogP contribution is 2.24. The Morgan fingerprint density at radius 3 is 2.16 bits per heavy atom. The van der Waals surface area contributed by atoms with Crippen LogP contribution < -0.4 is 26.6 Å². The maximum Gasteiger partial charge on any atom is 0.414 e. The summed E-state index contributed by atoms with van der Waals surface area (Å²) in [5.41, 5.74) is 1.57. The number of carbonyl (C=O) groups excluding carboxylic acids is 8. The fourth-order valence-corrected chi connectivity index (χ4v) is 7.40. The average molecular weight is 841 g/mol. The number of hydrogen-bond donors (Lipinski definition) is 5. The van der Waals surface area contributed by atoms with Gasteiger partial charge in [-0.25, -0.2) is 14.8 Å². The fraction of sp³-hybridized carbons (Fsp3) is 0.538. The maximum atomic E-state index is 12.7. The quantitative estimate of drug-likeness (QED) is 0.0829. The van der Waals surface area contributed by atoms with Crippen LogP contribution in [0.3, 0.4) is 0 Å². The second kappa shape index (κ2) is 20.9. The first-order valence-corrected chi connectivity index (χ1v) is 20.9. The smallest absolute Gasteiger partial charge is 0.414 e. The molecule has 0 aliphatic carbocycles. The summed E-state index contributed by atoms with van der Waals surface area (Å²) in [7, 11) is 0. The Morgan fingerprint density at radius 1 is 0.879 bits per heavy atom. The number of ketones is 3. The van der Waals surface area contributed by atoms with Gasteiger partial charge in [-0.05, 0) is 73.6 Å². The molecule has 5 N–H and O–H groups in total. The lowest BCUT2D eigenvalue weighted by atomic mass is 10.1. The van der Waals surface area contributed by atoms with Gasteiger partial charge in [0.15, 0.2) is 11.6 Å². The van der Waals surface area contributed by atoms with Crippen molar-refractivity contribution in [2.24, 2.45) is 0 Å². The number of Topliss-reactive ketones (excluding diaryl/α,β-unsaturated/α-hetero) is 3. The van der Waals surface area contributed by atoms with E-state index in [1.165, 1.54) is 53.6 Å². The summed E-state index contributed by atoms with van der Waals surface area (Å²) in [5, 5.41) is 18.2. The van der Waals surface area contributed by atoms with Crippen molar-refractivity contribution in [2.75, 3.05) is 13.1 Å². The number of ether oxygens (including phenoxy) is 1. The van der Waals surface area contributed by atoms with E-state index in [1.54, 1.807) is 26.2 Å². The number of carbonyl (C=O) groups is 8. The van der Waals surface area contributed by atoms with Gasteiger partial charge in [0, 0.05) is 53.3 Å². The second-order valence-electron chi connectivity index (χ2n) is 15.2. The zero-order chi connectivity index (χ0) is 42.6. The first kappa shape index (κ1) is 45.4. The molecule has 17 nitrogen and oxygen atoms in total. The van der Waals surface area contributed by atoms with Gasteiger partial charge in [-0.2, -0.15) is 0 Å². The normalized spacial score (nSPS) is 17.6. The number of hydrogen-bond acceptors (Lipinski definition) is 14. The molecule has 0 spiro atoms. The Balaban J connectivity index is 1.12. The lowest BCUT2D eigenvalue weighted by molar-refractivity contribution is -0.131. The Labute approximate surface area is 345 Å². The van der Waals surface area contributed by atoms with Crippen LogP contribution in [0.5, 0.6) is 0 Å². The third-order valence-electron chi connectivity index (χ3n) is 8.92. The number of nitrogens with one attached hydrogen (secondary N) is 5. The average Bonchev–Trinajstić information content (AvgIpc) is 3.96. The van der Waals surface area contributed by atoms with Gasteiger partial charge in [0.2, 0.25) is 29.4 Å². The lowest BCUT2D eigenvalue weighted by Gasteiger charge is -2.25. The number of nitrogens with zero attached hydrogens (tertiary/aromatic N) is 3. The summed E-state index contributed by atoms with van der Waals surface area (Å²) in [6.07, 6.45) is 5.13. The van der Waals surface area contributed by atoms with Crippen LogP contribution in [0.4, 0.5) is 4.79 Å². The van der Waals surface area contributed by atoms with E-state index in [0.29, 0.717) is 47.9 Å². The van der Waals surface area contributed by atoms with Gasteiger partial charge in [0.25, 0.3) is 0 Å². The third kappa shape index (κ3) is 14.9. The van der Waals surface area contributed by atoms with E-state index in [4.69, 9.17) is 4.74 Å². The van der Waals surface area contributed by atoms with Crippen molar-refractivity contribution in [2.45, 2.75) is 123 Å². The molecule has 3 unspecified atom stereocenters. The topological polar surface area (TPSA) is 235 Å². The van der Waals surface area contributed by atoms with Gasteiger partial charge in [-0.3, -0.25) is 38.5 Å². The number of allylic oxidation sites excluding steroid dienone is 2. The number of likely N-dealkylation sites (tertiary alicyclic amines) is 1. The molecule has 0 bridgehead atoms. The van der Waals surface area contributed by atoms with Crippen molar-refractivity contribution < 1.29 is 43.1 Å². The Bertz CT molecular complexity index is 1950. The molecule has 2 aliphatic heterocycles. The van der Waals surface area contributed by atoms with Crippen molar-refractivity contribution in [1.29, 1.82) is 0 Å². The molecule has 2 saturated heterocycles. The molecule has 19 heteroatoms. The Morgan fingerprint density at radius 2 is 1.52 bits per heavy atom. The zero-order valence-electron chi connectivity index (χ0n) is 33.7. The molecule has 3 atom stereocenters. The maximum absolute atomic E-state index is 12.7. The fourth-order valence-electron chi connectivity index (χ4n) is 5.82. The van der Waals surface area contributed by atoms with Crippen molar-refractivity contribution in [1.82, 2.24) is 41.5 Å². The number of aryl methyl sites for hydroxylation is 2. The van der Waals surface area contributed by atoms with Crippen LogP contribution in [0.1, 0.15) is 106 Å². The van der Waals surface area contributed by atoms with Crippen LogP contribution in [0, 0.1) is 0 Å². The molecule has 4 heterocycles. The minimum absolute atomic E-state index is 0.111. The van der Waals surface area contributed by atoms with Crippen molar-refractivity contribution >= 4 is 69.7 Å². The molecule has 58 heavy (non-hydrogen) atoms. The molecule has 2 aliphatic rings. The number of thiazole rings is 2. The highest BCUT2D eigenvalue weighted by Gasteiger charge is 2.29. The van der Waals surface area contributed by atoms with Gasteiger partial charge in [-0.15, -0.1) is 22.7 Å². The number of rotatable bonds is 18. The van der Waals surface area contributed by atoms with E-state index >= 15 is 0 Å². The number of aromatic nitrogens is 2. The van der Waals surface area contributed by atoms with Crippen LogP contribution >= 0.6 is 22.7 Å². The lowest BCUT2D eigenvalue weighted by Crippen LogP contribution is -2.41. The largest absolute Gasteiger partial charge is 0.443 e. The zero-order valence-corrected chi connectivity index (χ0v) is 35.3. The minimum atomic E-state index is -0.934. The molecule has 0 saturated carbocycles. The van der Waals surface area contributed by atoms with Gasteiger partial charge in [0.1, 0.15) is 16.3 Å². The molecular formula is C39H52N8O9S2. The van der Waals surface area contributed by atoms with E-state index in [1.807, 2.05) is 12.3 Å². The minimum Gasteiger partial charge on any atom is -0.443 e. The van der Waals surface area contributed by atoms with Crippen molar-refractivity contribution in [3.63, 3.8) is 0 Å². The second-order valence-corrected chi connectivity index (χ2v) is 17.1. The Kier molecular flexibility index (Phi) is 16.4. The first-order valence-electron chi connectivity index (χ1n) is 19.1. The van der Waals surface area contributed by atoms with E-state index in [9.17, 15) is 38.4 Å². The van der Waals surface area contributed by atoms with E-state index in [-0.39, 0.29) is 24.8 Å². The highest BCUT2D eigenvalue weighted by atomic mass is 32.1. The van der Waals surface area contributed by atoms with Gasteiger partial charge in [0.05, 0.1) is 48.7 Å². The van der Waals surface area contributed by atoms with E-state index < -0.39 is 77.6 Å². The van der Waals surface area contributed by atoms with Crippen LogP contribution in [0.2, 0.25) is 0 Å². The predicted molar refractivity (Wildman–Crippen MR) is 215 cm³/mol. The summed E-state index contributed by atoms with van der Waals surface area (Å²) in [4.78, 5) is 110. The molecule has 5 amide bonds. The molecule has 2 fully saturated rings. The van der Waals surface area contributed by atoms with E-state index in [0.717, 1.165) is 24.2 Å². The van der Waals surface area contributed by atoms with Gasteiger partial charge in [-0.1, -0.05) is 0 Å². The monoisotopic (exact) mass is 840 g/mol. The Hall–Kier alpha value is -5.30. The van der Waals surface area contributed by atoms with Crippen LogP contribution in [0.15, 0.2) is 34.3 Å². The van der Waals surface area contributed by atoms with Crippen LogP contribution in [0.25, 0.3) is 0 Å². The predicted octanol–water partition coefficient (Wildman–Crippen LogP) is 2.80. The molecule has 4 rings (SSSR count). The summed E-state index contributed by atoms with van der Waals surface area (Å²) in [5.74, 6) is -3.50.